The van der Waals surface area contributed by atoms with Crippen molar-refractivity contribution in [1.29, 1.82) is 0 Å². The first-order chi connectivity index (χ1) is 12.8. The summed E-state index contributed by atoms with van der Waals surface area (Å²) >= 11 is 11.7. The summed E-state index contributed by atoms with van der Waals surface area (Å²) in [6.45, 7) is 0.930. The lowest BCUT2D eigenvalue weighted by atomic mass is 10.2. The van der Waals surface area contributed by atoms with Crippen LogP contribution in [0.4, 0.5) is 18.9 Å². The predicted molar refractivity (Wildman–Crippen MR) is 110 cm³/mol. The van der Waals surface area contributed by atoms with Crippen molar-refractivity contribution in [1.82, 2.24) is 15.1 Å². The lowest BCUT2D eigenvalue weighted by molar-refractivity contribution is -0.142. The molecule has 0 saturated heterocycles. The van der Waals surface area contributed by atoms with Gasteiger partial charge in [0, 0.05) is 29.2 Å². The molecule has 0 atom stereocenters. The topological polar surface area (TPSA) is 41.9 Å². The van der Waals surface area contributed by atoms with Crippen molar-refractivity contribution in [2.45, 2.75) is 37.9 Å². The van der Waals surface area contributed by atoms with E-state index in [1.807, 2.05) is 24.3 Å². The normalized spacial score (nSPS) is 14.3. The Kier molecular flexibility index (Phi) is 6.47. The molecule has 146 valence electrons. The standard InChI is InChI=1S/C17H17Br2F3N4S/c18-11-4-6-12(7-5-11)24-16(27)23-8-1-9-26-14(10-2-3-10)13(19)15(25-26)17(20,21)22/h4-7,10H,1-3,8-9H2,(H2,23,24,27). The van der Waals surface area contributed by atoms with Crippen LogP contribution in [0, 0.1) is 0 Å². The van der Waals surface area contributed by atoms with E-state index in [1.54, 1.807) is 0 Å². The summed E-state index contributed by atoms with van der Waals surface area (Å²) in [6, 6.07) is 7.58. The van der Waals surface area contributed by atoms with Gasteiger partial charge in [0.25, 0.3) is 0 Å². The largest absolute Gasteiger partial charge is 0.436 e. The van der Waals surface area contributed by atoms with Crippen LogP contribution in [0.1, 0.15) is 36.6 Å². The molecule has 0 spiro atoms. The van der Waals surface area contributed by atoms with Gasteiger partial charge < -0.3 is 10.6 Å². The molecule has 0 unspecified atom stereocenters. The Hall–Kier alpha value is -1.13. The van der Waals surface area contributed by atoms with Gasteiger partial charge in [-0.1, -0.05) is 15.9 Å². The second-order valence-corrected chi connectivity index (χ2v) is 8.40. The number of thiocarbonyl (C=S) groups is 1. The minimum atomic E-state index is -4.46. The van der Waals surface area contributed by atoms with Crippen molar-refractivity contribution in [3.63, 3.8) is 0 Å². The zero-order chi connectivity index (χ0) is 19.6. The fourth-order valence-electron chi connectivity index (χ4n) is 2.69. The molecule has 1 saturated carbocycles. The van der Waals surface area contributed by atoms with Crippen LogP contribution in [0.2, 0.25) is 0 Å². The van der Waals surface area contributed by atoms with Crippen molar-refractivity contribution >= 4 is 54.9 Å². The lowest BCUT2D eigenvalue weighted by Crippen LogP contribution is -2.29. The fourth-order valence-corrected chi connectivity index (χ4v) is 4.01. The highest BCUT2D eigenvalue weighted by molar-refractivity contribution is 9.10. The molecule has 1 aromatic heterocycles. The molecule has 0 amide bonds. The van der Waals surface area contributed by atoms with Gasteiger partial charge in [-0.15, -0.1) is 0 Å². The van der Waals surface area contributed by atoms with Crippen molar-refractivity contribution in [3.05, 3.63) is 44.6 Å². The van der Waals surface area contributed by atoms with Crippen LogP contribution in [-0.2, 0) is 12.7 Å². The van der Waals surface area contributed by atoms with Crippen LogP contribution in [0.15, 0.2) is 33.2 Å². The molecule has 1 aliphatic carbocycles. The summed E-state index contributed by atoms with van der Waals surface area (Å²) in [5.74, 6) is 0.163. The van der Waals surface area contributed by atoms with Crippen LogP contribution in [-0.4, -0.2) is 21.4 Å². The number of aryl methyl sites for hydroxylation is 1. The molecule has 27 heavy (non-hydrogen) atoms. The highest BCUT2D eigenvalue weighted by atomic mass is 79.9. The van der Waals surface area contributed by atoms with Gasteiger partial charge in [-0.05, 0) is 71.7 Å². The summed E-state index contributed by atoms with van der Waals surface area (Å²) in [5, 5.41) is 10.4. The molecule has 4 nitrogen and oxygen atoms in total. The Bertz CT molecular complexity index is 817. The van der Waals surface area contributed by atoms with E-state index >= 15 is 0 Å². The fraction of sp³-hybridized carbons (Fsp3) is 0.412. The Morgan fingerprint density at radius 1 is 1.22 bits per heavy atom. The van der Waals surface area contributed by atoms with E-state index in [0.29, 0.717) is 30.3 Å². The quantitative estimate of drug-likeness (QED) is 0.376. The molecular formula is C17H17Br2F3N4S. The Balaban J connectivity index is 1.53. The summed E-state index contributed by atoms with van der Waals surface area (Å²) in [4.78, 5) is 0. The lowest BCUT2D eigenvalue weighted by Gasteiger charge is -2.11. The third kappa shape index (κ3) is 5.45. The minimum Gasteiger partial charge on any atom is -0.362 e. The van der Waals surface area contributed by atoms with Crippen molar-refractivity contribution in [2.75, 3.05) is 11.9 Å². The van der Waals surface area contributed by atoms with Gasteiger partial charge in [0.05, 0.1) is 10.2 Å². The molecule has 1 fully saturated rings. The minimum absolute atomic E-state index is 0.0814. The molecule has 1 aliphatic rings. The monoisotopic (exact) mass is 524 g/mol. The number of nitrogens with zero attached hydrogens (tertiary/aromatic N) is 2. The number of halogens is 5. The van der Waals surface area contributed by atoms with Gasteiger partial charge in [-0.25, -0.2) is 0 Å². The van der Waals surface area contributed by atoms with Crippen LogP contribution >= 0.6 is 44.1 Å². The van der Waals surface area contributed by atoms with Gasteiger partial charge in [-0.2, -0.15) is 18.3 Å². The maximum absolute atomic E-state index is 13.1. The van der Waals surface area contributed by atoms with Gasteiger partial charge in [-0.3, -0.25) is 4.68 Å². The molecule has 0 aliphatic heterocycles. The van der Waals surface area contributed by atoms with Crippen LogP contribution < -0.4 is 10.6 Å². The second-order valence-electron chi connectivity index (χ2n) is 6.28. The van der Waals surface area contributed by atoms with E-state index in [2.05, 4.69) is 47.6 Å². The van der Waals surface area contributed by atoms with E-state index in [1.165, 1.54) is 4.68 Å². The summed E-state index contributed by atoms with van der Waals surface area (Å²) in [5.41, 5.74) is 0.667. The predicted octanol–water partition coefficient (Wildman–Crippen LogP) is 5.68. The number of benzene rings is 1. The Labute approximate surface area is 177 Å². The van der Waals surface area contributed by atoms with Gasteiger partial charge in [0.1, 0.15) is 0 Å². The maximum Gasteiger partial charge on any atom is 0.436 e. The number of alkyl halides is 3. The molecule has 1 aromatic carbocycles. The smallest absolute Gasteiger partial charge is 0.362 e. The second kappa shape index (κ2) is 8.48. The zero-order valence-corrected chi connectivity index (χ0v) is 18.1. The Morgan fingerprint density at radius 3 is 2.48 bits per heavy atom. The highest BCUT2D eigenvalue weighted by Gasteiger charge is 2.41. The van der Waals surface area contributed by atoms with Gasteiger partial charge >= 0.3 is 6.18 Å². The van der Waals surface area contributed by atoms with E-state index in [4.69, 9.17) is 12.2 Å². The molecule has 0 radical (unpaired) electrons. The van der Waals surface area contributed by atoms with E-state index in [0.717, 1.165) is 23.0 Å². The van der Waals surface area contributed by atoms with Crippen molar-refractivity contribution in [3.8, 4) is 0 Å². The number of nitrogens with one attached hydrogen (secondary N) is 2. The van der Waals surface area contributed by atoms with Crippen LogP contribution in [0.3, 0.4) is 0 Å². The number of aromatic nitrogens is 2. The first-order valence-corrected chi connectivity index (χ1v) is 10.4. The van der Waals surface area contributed by atoms with Crippen LogP contribution in [0.5, 0.6) is 0 Å². The van der Waals surface area contributed by atoms with Gasteiger partial charge in [0.2, 0.25) is 0 Å². The Morgan fingerprint density at radius 2 is 1.89 bits per heavy atom. The SMILES string of the molecule is FC(F)(F)c1nn(CCCNC(=S)Nc2ccc(Br)cc2)c(C2CC2)c1Br. The zero-order valence-electron chi connectivity index (χ0n) is 14.1. The average molecular weight is 526 g/mol. The average Bonchev–Trinajstić information content (AvgIpc) is 3.36. The molecule has 2 N–H and O–H groups in total. The summed E-state index contributed by atoms with van der Waals surface area (Å²) < 4.78 is 41.9. The molecule has 1 heterocycles. The van der Waals surface area contributed by atoms with E-state index < -0.39 is 11.9 Å². The first-order valence-electron chi connectivity index (χ1n) is 8.39. The number of rotatable bonds is 6. The summed E-state index contributed by atoms with van der Waals surface area (Å²) in [7, 11) is 0. The maximum atomic E-state index is 13.1. The number of hydrogen-bond acceptors (Lipinski definition) is 2. The number of anilines is 1. The van der Waals surface area contributed by atoms with E-state index in [-0.39, 0.29) is 10.4 Å². The van der Waals surface area contributed by atoms with E-state index in [9.17, 15) is 13.2 Å². The number of hydrogen-bond donors (Lipinski definition) is 2. The van der Waals surface area contributed by atoms with Crippen LogP contribution in [0.25, 0.3) is 0 Å². The van der Waals surface area contributed by atoms with Gasteiger partial charge in [0.15, 0.2) is 10.8 Å². The summed E-state index contributed by atoms with van der Waals surface area (Å²) in [6.07, 6.45) is -2.04. The van der Waals surface area contributed by atoms with Crippen molar-refractivity contribution < 1.29 is 13.2 Å². The first kappa shape index (κ1) is 20.6. The third-order valence-corrected chi connectivity index (χ3v) is 5.66. The molecular weight excluding hydrogens is 509 g/mol. The molecule has 3 rings (SSSR count). The molecule has 0 bridgehead atoms. The molecule has 2 aromatic rings. The third-order valence-electron chi connectivity index (χ3n) is 4.10. The highest BCUT2D eigenvalue weighted by Crippen LogP contribution is 2.46. The van der Waals surface area contributed by atoms with Crippen molar-refractivity contribution in [2.24, 2.45) is 0 Å². The molecule has 10 heteroatoms.